The van der Waals surface area contributed by atoms with Crippen molar-refractivity contribution in [3.8, 4) is 11.3 Å². The molecule has 0 aliphatic heterocycles. The Bertz CT molecular complexity index is 1630. The van der Waals surface area contributed by atoms with E-state index in [0.29, 0.717) is 22.9 Å². The van der Waals surface area contributed by atoms with Crippen molar-refractivity contribution in [3.63, 3.8) is 0 Å². The zero-order chi connectivity index (χ0) is 28.5. The van der Waals surface area contributed by atoms with Gasteiger partial charge in [-0.2, -0.15) is 0 Å². The number of nitrogens with zero attached hydrogens (tertiary/aromatic N) is 3. The van der Waals surface area contributed by atoms with Gasteiger partial charge >= 0.3 is 6.09 Å². The summed E-state index contributed by atoms with van der Waals surface area (Å²) in [5.74, 6) is -0.444. The van der Waals surface area contributed by atoms with Gasteiger partial charge in [-0.1, -0.05) is 36.4 Å². The topological polar surface area (TPSA) is 115 Å². The predicted octanol–water partition coefficient (Wildman–Crippen LogP) is 5.72. The Balaban J connectivity index is 1.42. The lowest BCUT2D eigenvalue weighted by atomic mass is 9.91. The number of aromatic nitrogens is 3. The summed E-state index contributed by atoms with van der Waals surface area (Å²) in [6.07, 6.45) is 5.19. The van der Waals surface area contributed by atoms with Gasteiger partial charge in [-0.25, -0.2) is 31.5 Å². The van der Waals surface area contributed by atoms with Crippen LogP contribution in [0.1, 0.15) is 46.5 Å². The predicted molar refractivity (Wildman–Crippen MR) is 151 cm³/mol. The molecule has 2 heterocycles. The molecule has 4 aromatic rings. The molecule has 0 spiro atoms. The lowest BCUT2D eigenvalue weighted by Gasteiger charge is -2.31. The van der Waals surface area contributed by atoms with E-state index in [0.717, 1.165) is 29.4 Å². The van der Waals surface area contributed by atoms with Gasteiger partial charge < -0.3 is 15.4 Å². The number of amides is 1. The van der Waals surface area contributed by atoms with E-state index in [-0.39, 0.29) is 28.6 Å². The van der Waals surface area contributed by atoms with Gasteiger partial charge in [0.2, 0.25) is 5.95 Å². The first-order valence-electron chi connectivity index (χ1n) is 13.2. The first-order valence-corrected chi connectivity index (χ1v) is 14.6. The normalized spacial score (nSPS) is 17.9. The fourth-order valence-corrected chi connectivity index (χ4v) is 6.37. The first-order chi connectivity index (χ1) is 19.0. The lowest BCUT2D eigenvalue weighted by Crippen LogP contribution is -2.44. The number of fused-ring (bicyclic) bond motifs is 1. The molecule has 0 saturated heterocycles. The highest BCUT2D eigenvalue weighted by Crippen LogP contribution is 2.34. The van der Waals surface area contributed by atoms with Crippen molar-refractivity contribution in [2.75, 3.05) is 5.32 Å². The molecule has 1 saturated carbocycles. The van der Waals surface area contributed by atoms with Crippen LogP contribution in [0.2, 0.25) is 0 Å². The molecule has 2 N–H and O–H groups in total. The molecule has 5 rings (SSSR count). The third kappa shape index (κ3) is 5.94. The molecule has 40 heavy (non-hydrogen) atoms. The van der Waals surface area contributed by atoms with Crippen molar-refractivity contribution in [3.05, 3.63) is 72.8 Å². The molecule has 0 radical (unpaired) electrons. The van der Waals surface area contributed by atoms with Crippen LogP contribution in [-0.4, -0.2) is 46.1 Å². The van der Waals surface area contributed by atoms with E-state index in [1.807, 2.05) is 20.8 Å². The van der Waals surface area contributed by atoms with Crippen LogP contribution in [-0.2, 0) is 14.8 Å². The van der Waals surface area contributed by atoms with Crippen LogP contribution in [0.15, 0.2) is 71.9 Å². The SMILES string of the molecule is CC(C)(C)OC(=O)N[C@H]1CCC[C@@H](Nc2ncc(F)c(-c3cn(S(=O)(=O)c4ccccc4)c4ccccc34)n2)C1. The Morgan fingerprint density at radius 3 is 2.50 bits per heavy atom. The van der Waals surface area contributed by atoms with Crippen LogP contribution in [0.4, 0.5) is 15.1 Å². The number of hydrogen-bond donors (Lipinski definition) is 2. The van der Waals surface area contributed by atoms with Crippen LogP contribution < -0.4 is 10.6 Å². The summed E-state index contributed by atoms with van der Waals surface area (Å²) in [6.45, 7) is 5.45. The third-order valence-corrected chi connectivity index (χ3v) is 8.39. The van der Waals surface area contributed by atoms with Gasteiger partial charge in [0, 0.05) is 29.2 Å². The highest BCUT2D eigenvalue weighted by molar-refractivity contribution is 7.90. The molecule has 2 aromatic carbocycles. The first kappa shape index (κ1) is 27.6. The number of alkyl carbamates (subject to hydrolysis) is 1. The average molecular weight is 566 g/mol. The van der Waals surface area contributed by atoms with Crippen LogP contribution in [0.3, 0.4) is 0 Å². The Morgan fingerprint density at radius 2 is 1.75 bits per heavy atom. The van der Waals surface area contributed by atoms with E-state index in [1.54, 1.807) is 42.5 Å². The number of para-hydroxylation sites is 1. The molecule has 2 aromatic heterocycles. The zero-order valence-corrected chi connectivity index (χ0v) is 23.4. The second kappa shape index (κ2) is 10.9. The monoisotopic (exact) mass is 565 g/mol. The summed E-state index contributed by atoms with van der Waals surface area (Å²) < 4.78 is 48.7. The molecule has 9 nitrogen and oxygen atoms in total. The molecular weight excluding hydrogens is 533 g/mol. The summed E-state index contributed by atoms with van der Waals surface area (Å²) in [6, 6.07) is 14.9. The van der Waals surface area contributed by atoms with Gasteiger partial charge in [-0.3, -0.25) is 0 Å². The minimum absolute atomic E-state index is 0.00467. The number of carbonyl (C=O) groups is 1. The summed E-state index contributed by atoms with van der Waals surface area (Å²) in [7, 11) is -3.94. The molecule has 210 valence electrons. The van der Waals surface area contributed by atoms with Gasteiger partial charge in [-0.05, 0) is 64.7 Å². The summed E-state index contributed by atoms with van der Waals surface area (Å²) in [5, 5.41) is 6.75. The Kier molecular flexibility index (Phi) is 7.50. The van der Waals surface area contributed by atoms with E-state index in [4.69, 9.17) is 4.74 Å². The second-order valence-corrected chi connectivity index (χ2v) is 12.7. The maximum Gasteiger partial charge on any atom is 0.407 e. The van der Waals surface area contributed by atoms with Crippen LogP contribution >= 0.6 is 0 Å². The standard InChI is InChI=1S/C29H32FN5O4S/c1-29(2,3)39-28(36)33-20-11-9-10-19(16-20)32-27-31-17-24(30)26(34-27)23-18-35(25-15-8-7-14-22(23)25)40(37,38)21-12-5-4-6-13-21/h4-8,12-15,17-20H,9-11,16H2,1-3H3,(H,33,36)(H,31,32,34)/t19-,20+/m1/s1. The van der Waals surface area contributed by atoms with E-state index in [1.165, 1.54) is 18.3 Å². The largest absolute Gasteiger partial charge is 0.444 e. The van der Waals surface area contributed by atoms with E-state index >= 15 is 4.39 Å². The Hall–Kier alpha value is -3.99. The molecule has 1 fully saturated rings. The van der Waals surface area contributed by atoms with Crippen molar-refractivity contribution < 1.29 is 22.3 Å². The number of anilines is 1. The van der Waals surface area contributed by atoms with Gasteiger partial charge in [0.15, 0.2) is 5.82 Å². The smallest absolute Gasteiger partial charge is 0.407 e. The summed E-state index contributed by atoms with van der Waals surface area (Å²) in [5.41, 5.74) is 0.163. The van der Waals surface area contributed by atoms with Gasteiger partial charge in [0.25, 0.3) is 10.0 Å². The highest BCUT2D eigenvalue weighted by Gasteiger charge is 2.27. The number of halogens is 1. The fourth-order valence-electron chi connectivity index (χ4n) is 4.98. The minimum Gasteiger partial charge on any atom is -0.444 e. The number of ether oxygens (including phenoxy) is 1. The molecule has 1 amide bonds. The van der Waals surface area contributed by atoms with Crippen molar-refractivity contribution in [1.29, 1.82) is 0 Å². The second-order valence-electron chi connectivity index (χ2n) is 10.9. The van der Waals surface area contributed by atoms with Crippen molar-refractivity contribution in [2.24, 2.45) is 0 Å². The van der Waals surface area contributed by atoms with Gasteiger partial charge in [0.1, 0.15) is 11.3 Å². The van der Waals surface area contributed by atoms with Crippen LogP contribution in [0.5, 0.6) is 0 Å². The molecule has 11 heteroatoms. The van der Waals surface area contributed by atoms with E-state index < -0.39 is 27.5 Å². The van der Waals surface area contributed by atoms with E-state index in [2.05, 4.69) is 20.6 Å². The number of nitrogens with one attached hydrogen (secondary N) is 2. The summed E-state index contributed by atoms with van der Waals surface area (Å²) in [4.78, 5) is 21.0. The maximum atomic E-state index is 15.2. The van der Waals surface area contributed by atoms with Crippen molar-refractivity contribution in [1.82, 2.24) is 19.3 Å². The lowest BCUT2D eigenvalue weighted by molar-refractivity contribution is 0.0492. The van der Waals surface area contributed by atoms with Crippen LogP contribution in [0, 0.1) is 5.82 Å². The molecule has 1 aliphatic rings. The fraction of sp³-hybridized carbons (Fsp3) is 0.345. The Morgan fingerprint density at radius 1 is 1.05 bits per heavy atom. The number of rotatable bonds is 6. The average Bonchev–Trinajstić information content (AvgIpc) is 3.30. The highest BCUT2D eigenvalue weighted by atomic mass is 32.2. The number of carbonyl (C=O) groups excluding carboxylic acids is 1. The van der Waals surface area contributed by atoms with Crippen molar-refractivity contribution in [2.45, 2.75) is 69.0 Å². The quantitative estimate of drug-likeness (QED) is 0.307. The molecule has 1 aliphatic carbocycles. The van der Waals surface area contributed by atoms with E-state index in [9.17, 15) is 13.2 Å². The number of benzene rings is 2. The minimum atomic E-state index is -3.94. The summed E-state index contributed by atoms with van der Waals surface area (Å²) >= 11 is 0. The molecule has 2 atom stereocenters. The maximum absolute atomic E-state index is 15.2. The van der Waals surface area contributed by atoms with Gasteiger partial charge in [-0.15, -0.1) is 0 Å². The molecule has 0 bridgehead atoms. The zero-order valence-electron chi connectivity index (χ0n) is 22.6. The van der Waals surface area contributed by atoms with Gasteiger partial charge in [0.05, 0.1) is 16.6 Å². The third-order valence-electron chi connectivity index (χ3n) is 6.71. The van der Waals surface area contributed by atoms with Crippen molar-refractivity contribution >= 4 is 33.0 Å². The number of hydrogen-bond acceptors (Lipinski definition) is 7. The molecular formula is C29H32FN5O4S. The molecule has 0 unspecified atom stereocenters. The van der Waals surface area contributed by atoms with Crippen LogP contribution in [0.25, 0.3) is 22.2 Å². The Labute approximate surface area is 232 Å².